The van der Waals surface area contributed by atoms with Crippen molar-refractivity contribution in [1.82, 2.24) is 0 Å². The molecular weight excluding hydrogens is 176 g/mol. The number of ether oxygens (including phenoxy) is 2. The third-order valence-electron chi connectivity index (χ3n) is 2.12. The number of fused-ring (bicyclic) bond motifs is 1. The molecule has 1 heterocycles. The van der Waals surface area contributed by atoms with Crippen molar-refractivity contribution in [1.29, 1.82) is 0 Å². The average molecular weight is 188 g/mol. The lowest BCUT2D eigenvalue weighted by Crippen LogP contribution is -2.10. The average Bonchev–Trinajstić information content (AvgIpc) is 2.27. The van der Waals surface area contributed by atoms with Gasteiger partial charge in [-0.2, -0.15) is 0 Å². The molecule has 0 N–H and O–H groups in total. The van der Waals surface area contributed by atoms with Crippen LogP contribution in [0.15, 0.2) is 60.5 Å². The third-order valence-corrected chi connectivity index (χ3v) is 2.12. The molecule has 0 atom stereocenters. The summed E-state index contributed by atoms with van der Waals surface area (Å²) < 4.78 is 11.2. The van der Waals surface area contributed by atoms with E-state index in [2.05, 4.69) is 13.2 Å². The molecule has 0 saturated carbocycles. The summed E-state index contributed by atoms with van der Waals surface area (Å²) in [7, 11) is 0. The second-order valence-electron chi connectivity index (χ2n) is 3.05. The second-order valence-corrected chi connectivity index (χ2v) is 3.05. The van der Waals surface area contributed by atoms with Crippen LogP contribution in [0.3, 0.4) is 0 Å². The Kier molecular flexibility index (Phi) is 2.27. The van der Waals surface area contributed by atoms with Crippen LogP contribution >= 0.6 is 0 Å². The van der Waals surface area contributed by atoms with E-state index in [4.69, 9.17) is 9.47 Å². The summed E-state index contributed by atoms with van der Waals surface area (Å²) in [5.74, 6) is 2.84. The van der Waals surface area contributed by atoms with Gasteiger partial charge in [0.25, 0.3) is 0 Å². The van der Waals surface area contributed by atoms with Crippen LogP contribution in [0, 0.1) is 0 Å². The van der Waals surface area contributed by atoms with Crippen molar-refractivity contribution in [2.24, 2.45) is 0 Å². The van der Waals surface area contributed by atoms with Gasteiger partial charge in [-0.3, -0.25) is 0 Å². The van der Waals surface area contributed by atoms with Crippen molar-refractivity contribution < 1.29 is 9.47 Å². The summed E-state index contributed by atoms with van der Waals surface area (Å²) in [5.41, 5.74) is 0. The highest BCUT2D eigenvalue weighted by atomic mass is 16.6. The molecule has 2 nitrogen and oxygen atoms in total. The molecular formula is C12H12O2. The summed E-state index contributed by atoms with van der Waals surface area (Å²) >= 11 is 0. The van der Waals surface area contributed by atoms with Crippen molar-refractivity contribution in [3.05, 3.63) is 60.5 Å². The molecule has 0 aromatic heterocycles. The van der Waals surface area contributed by atoms with E-state index in [9.17, 15) is 0 Å². The van der Waals surface area contributed by atoms with Gasteiger partial charge < -0.3 is 9.47 Å². The highest BCUT2D eigenvalue weighted by Crippen LogP contribution is 2.32. The van der Waals surface area contributed by atoms with Crippen LogP contribution in [0.4, 0.5) is 0 Å². The van der Waals surface area contributed by atoms with E-state index in [-0.39, 0.29) is 0 Å². The van der Waals surface area contributed by atoms with Gasteiger partial charge in [-0.25, -0.2) is 0 Å². The van der Waals surface area contributed by atoms with Crippen molar-refractivity contribution in [3.8, 4) is 0 Å². The van der Waals surface area contributed by atoms with E-state index in [1.165, 1.54) is 0 Å². The van der Waals surface area contributed by atoms with Gasteiger partial charge in [0, 0.05) is 0 Å². The Morgan fingerprint density at radius 2 is 1.36 bits per heavy atom. The van der Waals surface area contributed by atoms with Crippen LogP contribution in [0.2, 0.25) is 0 Å². The molecule has 1 aliphatic heterocycles. The fourth-order valence-corrected chi connectivity index (χ4v) is 1.44. The van der Waals surface area contributed by atoms with Gasteiger partial charge in [0.15, 0.2) is 23.0 Å². The van der Waals surface area contributed by atoms with Crippen LogP contribution in [0.5, 0.6) is 0 Å². The molecule has 1 aliphatic carbocycles. The maximum Gasteiger partial charge on any atom is 0.169 e. The molecule has 0 spiro atoms. The molecule has 0 amide bonds. The Labute approximate surface area is 83.5 Å². The Morgan fingerprint density at radius 3 is 1.71 bits per heavy atom. The lowest BCUT2D eigenvalue weighted by Gasteiger charge is -2.24. The minimum Gasteiger partial charge on any atom is -0.450 e. The van der Waals surface area contributed by atoms with Gasteiger partial charge in [0.1, 0.15) is 0 Å². The predicted molar refractivity (Wildman–Crippen MR) is 55.0 cm³/mol. The van der Waals surface area contributed by atoms with Gasteiger partial charge in [0.2, 0.25) is 0 Å². The Morgan fingerprint density at radius 1 is 0.929 bits per heavy atom. The summed E-state index contributed by atoms with van der Waals surface area (Å²) in [5, 5.41) is 0. The molecule has 0 fully saturated rings. The first-order valence-corrected chi connectivity index (χ1v) is 4.60. The highest BCUT2D eigenvalue weighted by Gasteiger charge is 2.21. The lowest BCUT2D eigenvalue weighted by molar-refractivity contribution is 0.184. The zero-order chi connectivity index (χ0) is 9.97. The third kappa shape index (κ3) is 1.39. The fraction of sp³-hybridized carbons (Fsp3) is 0.167. The largest absolute Gasteiger partial charge is 0.450 e. The van der Waals surface area contributed by atoms with Crippen LogP contribution in [0.25, 0.3) is 0 Å². The number of hydrogen-bond donors (Lipinski definition) is 0. The topological polar surface area (TPSA) is 18.5 Å². The van der Waals surface area contributed by atoms with Gasteiger partial charge in [-0.15, -0.1) is 0 Å². The minimum atomic E-state index is 0.630. The number of rotatable bonds is 2. The first-order valence-electron chi connectivity index (χ1n) is 4.60. The molecule has 2 rings (SSSR count). The van der Waals surface area contributed by atoms with Crippen molar-refractivity contribution in [2.45, 2.75) is 12.8 Å². The Bertz CT molecular complexity index is 334. The molecule has 2 heteroatoms. The standard InChI is InChI=1S/C12H12O2/c1-3-9-10(4-2)14-12-8-6-5-7-11(12)13-9/h3-4,7-8H,1-2,5-6H2. The maximum absolute atomic E-state index is 5.60. The molecule has 0 aromatic rings. The quantitative estimate of drug-likeness (QED) is 0.662. The zero-order valence-electron chi connectivity index (χ0n) is 7.95. The maximum atomic E-state index is 5.60. The molecule has 0 saturated heterocycles. The second kappa shape index (κ2) is 3.58. The van der Waals surface area contributed by atoms with Gasteiger partial charge >= 0.3 is 0 Å². The van der Waals surface area contributed by atoms with E-state index in [1.54, 1.807) is 12.2 Å². The van der Waals surface area contributed by atoms with E-state index < -0.39 is 0 Å². The van der Waals surface area contributed by atoms with Crippen LogP contribution < -0.4 is 0 Å². The molecule has 0 unspecified atom stereocenters. The van der Waals surface area contributed by atoms with Crippen LogP contribution in [0.1, 0.15) is 12.8 Å². The summed E-state index contributed by atoms with van der Waals surface area (Å²) in [4.78, 5) is 0. The van der Waals surface area contributed by atoms with E-state index in [1.807, 2.05) is 12.2 Å². The smallest absolute Gasteiger partial charge is 0.169 e. The zero-order valence-corrected chi connectivity index (χ0v) is 7.95. The summed E-state index contributed by atoms with van der Waals surface area (Å²) in [6.45, 7) is 7.33. The highest BCUT2D eigenvalue weighted by molar-refractivity contribution is 5.36. The monoisotopic (exact) mass is 188 g/mol. The minimum absolute atomic E-state index is 0.630. The lowest BCUT2D eigenvalue weighted by atomic mass is 10.1. The Balaban J connectivity index is 2.38. The van der Waals surface area contributed by atoms with Gasteiger partial charge in [-0.1, -0.05) is 13.2 Å². The van der Waals surface area contributed by atoms with Crippen molar-refractivity contribution in [3.63, 3.8) is 0 Å². The van der Waals surface area contributed by atoms with Gasteiger partial charge in [-0.05, 0) is 37.1 Å². The fourth-order valence-electron chi connectivity index (χ4n) is 1.44. The summed E-state index contributed by atoms with van der Waals surface area (Å²) in [6.07, 6.45) is 9.30. The van der Waals surface area contributed by atoms with E-state index >= 15 is 0 Å². The molecule has 0 radical (unpaired) electrons. The predicted octanol–water partition coefficient (Wildman–Crippen LogP) is 3.18. The first-order chi connectivity index (χ1) is 6.85. The van der Waals surface area contributed by atoms with Crippen molar-refractivity contribution >= 4 is 0 Å². The molecule has 2 aliphatic rings. The van der Waals surface area contributed by atoms with Crippen molar-refractivity contribution in [2.75, 3.05) is 0 Å². The summed E-state index contributed by atoms with van der Waals surface area (Å²) in [6, 6.07) is 0. The van der Waals surface area contributed by atoms with E-state index in [0.717, 1.165) is 24.4 Å². The molecule has 0 bridgehead atoms. The molecule has 0 aromatic carbocycles. The number of hydrogen-bond acceptors (Lipinski definition) is 2. The Hall–Kier alpha value is -1.70. The SMILES string of the molecule is C=CC1=C(C=C)OC2=CCCC=C2O1. The van der Waals surface area contributed by atoms with E-state index in [0.29, 0.717) is 11.5 Å². The first kappa shape index (κ1) is 8.88. The molecule has 14 heavy (non-hydrogen) atoms. The normalized spacial score (nSPS) is 19.7. The van der Waals surface area contributed by atoms with Crippen LogP contribution in [-0.4, -0.2) is 0 Å². The van der Waals surface area contributed by atoms with Gasteiger partial charge in [0.05, 0.1) is 0 Å². The van der Waals surface area contributed by atoms with Crippen LogP contribution in [-0.2, 0) is 9.47 Å². The molecule has 72 valence electrons. The number of allylic oxidation sites excluding steroid dienone is 4.